The molecule has 2 amide bonds. The van der Waals surface area contributed by atoms with Crippen LogP contribution in [0.25, 0.3) is 0 Å². The van der Waals surface area contributed by atoms with E-state index in [0.717, 1.165) is 0 Å². The molecule has 2 aromatic carbocycles. The number of nitrogens with zero attached hydrogens (tertiary/aromatic N) is 1. The number of rotatable bonds is 4. The van der Waals surface area contributed by atoms with E-state index in [1.165, 1.54) is 0 Å². The van der Waals surface area contributed by atoms with Crippen LogP contribution in [0.15, 0.2) is 48.5 Å². The Morgan fingerprint density at radius 3 is 2.52 bits per heavy atom. The van der Waals surface area contributed by atoms with Crippen LogP contribution in [0.3, 0.4) is 0 Å². The normalized spacial score (nSPS) is 11.2. The lowest BCUT2D eigenvalue weighted by Crippen LogP contribution is -2.41. The maximum absolute atomic E-state index is 12.1. The van der Waals surface area contributed by atoms with Crippen LogP contribution in [0.2, 0.25) is 5.02 Å². The van der Waals surface area contributed by atoms with Crippen LogP contribution >= 0.6 is 11.6 Å². The number of hydrogen-bond acceptors (Lipinski definition) is 3. The predicted molar refractivity (Wildman–Crippen MR) is 88.2 cm³/mol. The van der Waals surface area contributed by atoms with Gasteiger partial charge in [-0.25, -0.2) is 0 Å². The van der Waals surface area contributed by atoms with Crippen molar-refractivity contribution in [2.24, 2.45) is 0 Å². The van der Waals surface area contributed by atoms with E-state index in [1.807, 2.05) is 6.07 Å². The molecule has 0 spiro atoms. The molecule has 0 radical (unpaired) electrons. The zero-order valence-electron chi connectivity index (χ0n) is 12.3. The molecule has 0 saturated heterocycles. The van der Waals surface area contributed by atoms with Gasteiger partial charge in [-0.05, 0) is 49.4 Å². The molecule has 0 aromatic heterocycles. The maximum Gasteiger partial charge on any atom is 0.251 e. The van der Waals surface area contributed by atoms with Gasteiger partial charge in [0.25, 0.3) is 5.91 Å². The molecule has 2 N–H and O–H groups in total. The van der Waals surface area contributed by atoms with Gasteiger partial charge in [0.1, 0.15) is 6.04 Å². The molecule has 0 aliphatic carbocycles. The third-order valence-electron chi connectivity index (χ3n) is 3.11. The third-order valence-corrected chi connectivity index (χ3v) is 3.36. The fourth-order valence-corrected chi connectivity index (χ4v) is 1.99. The van der Waals surface area contributed by atoms with Gasteiger partial charge >= 0.3 is 0 Å². The van der Waals surface area contributed by atoms with E-state index in [-0.39, 0.29) is 11.8 Å². The second kappa shape index (κ2) is 7.43. The maximum atomic E-state index is 12.1. The van der Waals surface area contributed by atoms with Crippen molar-refractivity contribution in [1.29, 1.82) is 5.26 Å². The Bertz CT molecular complexity index is 766. The average Bonchev–Trinajstić information content (AvgIpc) is 2.55. The molecular formula is C17H14ClN3O2. The molecule has 23 heavy (non-hydrogen) atoms. The fourth-order valence-electron chi connectivity index (χ4n) is 1.86. The van der Waals surface area contributed by atoms with Gasteiger partial charge in [0.2, 0.25) is 5.91 Å². The van der Waals surface area contributed by atoms with Gasteiger partial charge in [-0.1, -0.05) is 17.7 Å². The molecule has 2 aromatic rings. The molecular weight excluding hydrogens is 314 g/mol. The highest BCUT2D eigenvalue weighted by molar-refractivity contribution is 6.30. The quantitative estimate of drug-likeness (QED) is 0.905. The van der Waals surface area contributed by atoms with E-state index in [2.05, 4.69) is 10.6 Å². The van der Waals surface area contributed by atoms with E-state index in [0.29, 0.717) is 21.8 Å². The number of halogens is 1. The number of hydrogen-bond donors (Lipinski definition) is 2. The number of nitrogens with one attached hydrogen (secondary N) is 2. The lowest BCUT2D eigenvalue weighted by Gasteiger charge is -2.14. The van der Waals surface area contributed by atoms with Crippen molar-refractivity contribution in [2.45, 2.75) is 13.0 Å². The second-order valence-electron chi connectivity index (χ2n) is 4.88. The van der Waals surface area contributed by atoms with Crippen molar-refractivity contribution < 1.29 is 9.59 Å². The van der Waals surface area contributed by atoms with Gasteiger partial charge in [-0.15, -0.1) is 0 Å². The Morgan fingerprint density at radius 1 is 1.17 bits per heavy atom. The Hall–Kier alpha value is -2.84. The monoisotopic (exact) mass is 327 g/mol. The van der Waals surface area contributed by atoms with Crippen molar-refractivity contribution in [3.63, 3.8) is 0 Å². The summed E-state index contributed by atoms with van der Waals surface area (Å²) in [7, 11) is 0. The van der Waals surface area contributed by atoms with E-state index in [9.17, 15) is 9.59 Å². The highest BCUT2D eigenvalue weighted by atomic mass is 35.5. The van der Waals surface area contributed by atoms with Crippen molar-refractivity contribution in [2.75, 3.05) is 5.32 Å². The molecule has 0 bridgehead atoms. The van der Waals surface area contributed by atoms with Crippen molar-refractivity contribution in [3.8, 4) is 6.07 Å². The number of amides is 2. The standard InChI is InChI=1S/C17H14ClN3O2/c1-11(20-17(23)13-5-7-14(18)8-6-13)16(22)21-15-4-2-3-12(9-15)10-19/h2-9,11H,1H3,(H,20,23)(H,21,22). The SMILES string of the molecule is CC(NC(=O)c1ccc(Cl)cc1)C(=O)Nc1cccc(C#N)c1. The Kier molecular flexibility index (Phi) is 5.34. The summed E-state index contributed by atoms with van der Waals surface area (Å²) in [6.07, 6.45) is 0. The number of carbonyl (C=O) groups is 2. The summed E-state index contributed by atoms with van der Waals surface area (Å²) in [5, 5.41) is 14.6. The van der Waals surface area contributed by atoms with Gasteiger partial charge in [-0.3, -0.25) is 9.59 Å². The van der Waals surface area contributed by atoms with Gasteiger partial charge in [0.15, 0.2) is 0 Å². The van der Waals surface area contributed by atoms with E-state index >= 15 is 0 Å². The third kappa shape index (κ3) is 4.56. The number of benzene rings is 2. The van der Waals surface area contributed by atoms with Crippen molar-refractivity contribution in [1.82, 2.24) is 5.32 Å². The molecule has 0 fully saturated rings. The summed E-state index contributed by atoms with van der Waals surface area (Å²) in [6, 6.07) is 14.2. The number of anilines is 1. The van der Waals surface area contributed by atoms with Crippen LogP contribution < -0.4 is 10.6 Å². The highest BCUT2D eigenvalue weighted by Gasteiger charge is 2.16. The molecule has 5 nitrogen and oxygen atoms in total. The topological polar surface area (TPSA) is 82.0 Å². The average molecular weight is 328 g/mol. The Morgan fingerprint density at radius 2 is 1.87 bits per heavy atom. The first-order valence-corrected chi connectivity index (χ1v) is 7.25. The molecule has 1 atom stereocenters. The minimum absolute atomic E-state index is 0.366. The van der Waals surface area contributed by atoms with Crippen LogP contribution in [0.4, 0.5) is 5.69 Å². The van der Waals surface area contributed by atoms with Crippen molar-refractivity contribution >= 4 is 29.1 Å². The largest absolute Gasteiger partial charge is 0.341 e. The van der Waals surface area contributed by atoms with Gasteiger partial charge in [-0.2, -0.15) is 5.26 Å². The predicted octanol–water partition coefficient (Wildman–Crippen LogP) is 2.97. The van der Waals surface area contributed by atoms with Crippen LogP contribution in [0.1, 0.15) is 22.8 Å². The van der Waals surface area contributed by atoms with Gasteiger partial charge in [0.05, 0.1) is 11.6 Å². The summed E-state index contributed by atoms with van der Waals surface area (Å²) < 4.78 is 0. The van der Waals surface area contributed by atoms with Gasteiger partial charge < -0.3 is 10.6 Å². The molecule has 1 unspecified atom stereocenters. The summed E-state index contributed by atoms with van der Waals surface area (Å²) >= 11 is 5.77. The zero-order chi connectivity index (χ0) is 16.8. The number of carbonyl (C=O) groups excluding carboxylic acids is 2. The summed E-state index contributed by atoms with van der Waals surface area (Å²) in [4.78, 5) is 24.1. The second-order valence-corrected chi connectivity index (χ2v) is 5.32. The fraction of sp³-hybridized carbons (Fsp3) is 0.118. The Balaban J connectivity index is 1.98. The molecule has 0 heterocycles. The van der Waals surface area contributed by atoms with E-state index < -0.39 is 6.04 Å². The molecule has 6 heteroatoms. The zero-order valence-corrected chi connectivity index (χ0v) is 13.1. The minimum Gasteiger partial charge on any atom is -0.341 e. The van der Waals surface area contributed by atoms with E-state index in [1.54, 1.807) is 55.5 Å². The van der Waals surface area contributed by atoms with Crippen molar-refractivity contribution in [3.05, 3.63) is 64.7 Å². The molecule has 0 saturated carbocycles. The smallest absolute Gasteiger partial charge is 0.251 e. The molecule has 116 valence electrons. The summed E-state index contributed by atoms with van der Waals surface area (Å²) in [5.74, 6) is -0.738. The summed E-state index contributed by atoms with van der Waals surface area (Å²) in [6.45, 7) is 1.58. The first-order chi connectivity index (χ1) is 11.0. The van der Waals surface area contributed by atoms with Crippen LogP contribution in [-0.2, 0) is 4.79 Å². The minimum atomic E-state index is -0.732. The highest BCUT2D eigenvalue weighted by Crippen LogP contribution is 2.11. The Labute approximate surface area is 138 Å². The first-order valence-electron chi connectivity index (χ1n) is 6.87. The van der Waals surface area contributed by atoms with Crippen LogP contribution in [-0.4, -0.2) is 17.9 Å². The molecule has 0 aliphatic heterocycles. The van der Waals surface area contributed by atoms with Gasteiger partial charge in [0, 0.05) is 16.3 Å². The lowest BCUT2D eigenvalue weighted by molar-refractivity contribution is -0.117. The lowest BCUT2D eigenvalue weighted by atomic mass is 10.2. The van der Waals surface area contributed by atoms with Crippen LogP contribution in [0, 0.1) is 11.3 Å². The number of nitriles is 1. The summed E-state index contributed by atoms with van der Waals surface area (Å²) in [5.41, 5.74) is 1.36. The molecule has 0 aliphatic rings. The first kappa shape index (κ1) is 16.5. The van der Waals surface area contributed by atoms with Crippen LogP contribution in [0.5, 0.6) is 0 Å². The molecule has 2 rings (SSSR count). The van der Waals surface area contributed by atoms with E-state index in [4.69, 9.17) is 16.9 Å².